The van der Waals surface area contributed by atoms with E-state index in [2.05, 4.69) is 19.2 Å². The van der Waals surface area contributed by atoms with Gasteiger partial charge in [-0.1, -0.05) is 316 Å². The zero-order chi connectivity index (χ0) is 59.5. The molecule has 0 spiro atoms. The van der Waals surface area contributed by atoms with Crippen molar-refractivity contribution >= 4 is 5.91 Å². The lowest BCUT2D eigenvalue weighted by molar-refractivity contribution is -0.359. The van der Waals surface area contributed by atoms with E-state index < -0.39 is 86.8 Å². The van der Waals surface area contributed by atoms with Crippen LogP contribution in [-0.2, 0) is 23.7 Å². The normalized spacial score (nSPS) is 23.8. The van der Waals surface area contributed by atoms with Crippen LogP contribution < -0.4 is 5.32 Å². The molecule has 82 heavy (non-hydrogen) atoms. The van der Waals surface area contributed by atoms with Crippen LogP contribution in [0.2, 0.25) is 0 Å². The minimum atomic E-state index is -1.78. The maximum absolute atomic E-state index is 13.3. The minimum absolute atomic E-state index is 0.197. The molecule has 2 rings (SSSR count). The first-order valence-electron chi connectivity index (χ1n) is 35.3. The average Bonchev–Trinajstić information content (AvgIpc) is 3.67. The highest BCUT2D eigenvalue weighted by Gasteiger charge is 2.51. The van der Waals surface area contributed by atoms with Gasteiger partial charge in [0.1, 0.15) is 48.8 Å². The Kier molecular flexibility index (Phi) is 50.9. The van der Waals surface area contributed by atoms with Gasteiger partial charge in [-0.05, 0) is 12.8 Å². The van der Waals surface area contributed by atoms with Crippen LogP contribution in [0.4, 0.5) is 0 Å². The molecule has 0 aromatic heterocycles. The van der Waals surface area contributed by atoms with Crippen LogP contribution in [0.15, 0.2) is 0 Å². The van der Waals surface area contributed by atoms with Crippen molar-refractivity contribution in [3.8, 4) is 0 Å². The van der Waals surface area contributed by atoms with Gasteiger partial charge in [0, 0.05) is 6.42 Å². The highest BCUT2D eigenvalue weighted by molar-refractivity contribution is 5.76. The summed E-state index contributed by atoms with van der Waals surface area (Å²) in [5, 5.41) is 87.5. The van der Waals surface area contributed by atoms with Crippen LogP contribution in [0.1, 0.15) is 335 Å². The summed E-state index contributed by atoms with van der Waals surface area (Å²) in [5.74, 6) is -0.197. The van der Waals surface area contributed by atoms with Crippen molar-refractivity contribution in [2.24, 2.45) is 0 Å². The third-order valence-electron chi connectivity index (χ3n) is 17.8. The van der Waals surface area contributed by atoms with Crippen LogP contribution in [0.3, 0.4) is 0 Å². The molecule has 0 aliphatic carbocycles. The monoisotopic (exact) mass is 1170 g/mol. The van der Waals surface area contributed by atoms with Crippen LogP contribution >= 0.6 is 0 Å². The van der Waals surface area contributed by atoms with Gasteiger partial charge in [0.05, 0.1) is 32.0 Å². The molecule has 2 saturated heterocycles. The number of nitrogens with one attached hydrogen (secondary N) is 1. The first-order valence-corrected chi connectivity index (χ1v) is 35.3. The Morgan fingerprint density at radius 2 is 0.695 bits per heavy atom. The van der Waals surface area contributed by atoms with Gasteiger partial charge in [0.25, 0.3) is 0 Å². The van der Waals surface area contributed by atoms with Crippen molar-refractivity contribution in [3.05, 3.63) is 0 Å². The van der Waals surface area contributed by atoms with Crippen molar-refractivity contribution in [2.75, 3.05) is 19.8 Å². The lowest BCUT2D eigenvalue weighted by Crippen LogP contribution is -2.65. The molecule has 9 N–H and O–H groups in total. The summed E-state index contributed by atoms with van der Waals surface area (Å²) in [7, 11) is 0. The third kappa shape index (κ3) is 38.3. The zero-order valence-electron chi connectivity index (χ0n) is 53.0. The SMILES string of the molecule is CCCCCCCCCCCCCCCCCCCCCCCCCCCCCCCCC(=O)NC(COC1OC(CO)C(OC2OC(CO)C(O)C(O)C2O)C(O)C1O)C(O)CCCCCCCCCCCCCCCCCCCC. The molecule has 14 heteroatoms. The highest BCUT2D eigenvalue weighted by atomic mass is 16.7. The van der Waals surface area contributed by atoms with Gasteiger partial charge >= 0.3 is 0 Å². The smallest absolute Gasteiger partial charge is 0.220 e. The van der Waals surface area contributed by atoms with E-state index in [0.717, 1.165) is 51.4 Å². The van der Waals surface area contributed by atoms with E-state index in [4.69, 9.17) is 18.9 Å². The fourth-order valence-corrected chi connectivity index (χ4v) is 12.2. The second kappa shape index (κ2) is 54.2. The van der Waals surface area contributed by atoms with E-state index in [9.17, 15) is 45.6 Å². The zero-order valence-corrected chi connectivity index (χ0v) is 53.0. The largest absolute Gasteiger partial charge is 0.394 e. The first-order chi connectivity index (χ1) is 40.1. The molecule has 0 saturated carbocycles. The number of aliphatic hydroxyl groups is 8. The van der Waals surface area contributed by atoms with Crippen molar-refractivity contribution in [2.45, 2.75) is 408 Å². The van der Waals surface area contributed by atoms with Gasteiger partial charge < -0.3 is 65.1 Å². The Balaban J connectivity index is 1.63. The fraction of sp³-hybridized carbons (Fsp3) is 0.985. The summed E-state index contributed by atoms with van der Waals surface area (Å²) in [4.78, 5) is 13.3. The lowest BCUT2D eigenvalue weighted by Gasteiger charge is -2.46. The molecular weight excluding hydrogens is 1040 g/mol. The molecule has 0 bridgehead atoms. The fourth-order valence-electron chi connectivity index (χ4n) is 12.2. The number of amides is 1. The van der Waals surface area contributed by atoms with E-state index in [1.54, 1.807) is 0 Å². The molecule has 0 aromatic carbocycles. The van der Waals surface area contributed by atoms with E-state index in [-0.39, 0.29) is 12.5 Å². The standard InChI is InChI=1S/C68H133NO13/c1-3-5-7-9-11-13-15-17-19-21-23-24-25-26-27-28-29-30-31-32-33-34-36-38-40-42-44-46-48-50-52-60(73)69-56(57(72)51-49-47-45-43-41-39-37-35-22-20-18-16-14-12-10-8-6-4-2)55-79-67-65(78)63(76)66(59(54-71)81-67)82-68-64(77)62(75)61(74)58(53-70)80-68/h56-59,61-68,70-72,74-78H,3-55H2,1-2H3,(H,69,73). The van der Waals surface area contributed by atoms with E-state index >= 15 is 0 Å². The summed E-state index contributed by atoms with van der Waals surface area (Å²) in [6.45, 7) is 2.92. The number of unbranched alkanes of at least 4 members (excludes halogenated alkanes) is 46. The Morgan fingerprint density at radius 3 is 1.04 bits per heavy atom. The Bertz CT molecular complexity index is 1380. The molecule has 12 unspecified atom stereocenters. The third-order valence-corrected chi connectivity index (χ3v) is 17.8. The molecule has 488 valence electrons. The van der Waals surface area contributed by atoms with E-state index in [1.165, 1.54) is 257 Å². The molecule has 2 aliphatic rings. The lowest BCUT2D eigenvalue weighted by atomic mass is 9.97. The predicted molar refractivity (Wildman–Crippen MR) is 332 cm³/mol. The Hall–Kier alpha value is -1.01. The average molecular weight is 1170 g/mol. The maximum atomic E-state index is 13.3. The second-order valence-electron chi connectivity index (χ2n) is 25.4. The molecule has 2 fully saturated rings. The molecule has 0 aromatic rings. The van der Waals surface area contributed by atoms with Crippen molar-refractivity contribution in [1.82, 2.24) is 5.32 Å². The summed E-state index contributed by atoms with van der Waals surface area (Å²) < 4.78 is 22.9. The minimum Gasteiger partial charge on any atom is -0.394 e. The number of carbonyl (C=O) groups excluding carboxylic acids is 1. The summed E-state index contributed by atoms with van der Waals surface area (Å²) in [6.07, 6.45) is 47.0. The van der Waals surface area contributed by atoms with Gasteiger partial charge in [0.2, 0.25) is 5.91 Å². The van der Waals surface area contributed by atoms with E-state index in [0.29, 0.717) is 12.8 Å². The van der Waals surface area contributed by atoms with Gasteiger partial charge in [-0.15, -0.1) is 0 Å². The van der Waals surface area contributed by atoms with Crippen LogP contribution in [0.25, 0.3) is 0 Å². The van der Waals surface area contributed by atoms with Crippen LogP contribution in [-0.4, -0.2) is 140 Å². The number of hydrogen-bond donors (Lipinski definition) is 9. The Labute approximate surface area is 502 Å². The van der Waals surface area contributed by atoms with E-state index in [1.807, 2.05) is 0 Å². The molecule has 1 amide bonds. The van der Waals surface area contributed by atoms with Gasteiger partial charge in [0.15, 0.2) is 12.6 Å². The molecule has 0 radical (unpaired) electrons. The molecular formula is C68H133NO13. The summed E-state index contributed by atoms with van der Waals surface area (Å²) >= 11 is 0. The first kappa shape index (κ1) is 77.1. The maximum Gasteiger partial charge on any atom is 0.220 e. The molecule has 2 aliphatic heterocycles. The number of hydrogen-bond acceptors (Lipinski definition) is 13. The molecule has 2 heterocycles. The topological polar surface area (TPSA) is 228 Å². The van der Waals surface area contributed by atoms with Gasteiger partial charge in [-0.2, -0.15) is 0 Å². The van der Waals surface area contributed by atoms with Crippen molar-refractivity contribution in [3.63, 3.8) is 0 Å². The number of aliphatic hydroxyl groups excluding tert-OH is 8. The highest BCUT2D eigenvalue weighted by Crippen LogP contribution is 2.30. The summed E-state index contributed by atoms with van der Waals surface area (Å²) in [6, 6.07) is -0.824. The Morgan fingerprint density at radius 1 is 0.390 bits per heavy atom. The number of rotatable bonds is 59. The number of ether oxygens (including phenoxy) is 4. The van der Waals surface area contributed by atoms with Crippen LogP contribution in [0.5, 0.6) is 0 Å². The second-order valence-corrected chi connectivity index (χ2v) is 25.4. The van der Waals surface area contributed by atoms with Crippen LogP contribution in [0, 0.1) is 0 Å². The van der Waals surface area contributed by atoms with Crippen molar-refractivity contribution < 1.29 is 64.6 Å². The van der Waals surface area contributed by atoms with Crippen molar-refractivity contribution in [1.29, 1.82) is 0 Å². The van der Waals surface area contributed by atoms with Gasteiger partial charge in [-0.25, -0.2) is 0 Å². The summed E-state index contributed by atoms with van der Waals surface area (Å²) in [5.41, 5.74) is 0. The number of carbonyl (C=O) groups is 1. The predicted octanol–water partition coefficient (Wildman–Crippen LogP) is 14.0. The van der Waals surface area contributed by atoms with Gasteiger partial charge in [-0.3, -0.25) is 4.79 Å². The molecule has 12 atom stereocenters. The molecule has 14 nitrogen and oxygen atoms in total. The quantitative estimate of drug-likeness (QED) is 0.0259.